The van der Waals surface area contributed by atoms with Crippen LogP contribution in [-0.2, 0) is 6.18 Å². The third-order valence-corrected chi connectivity index (χ3v) is 7.44. The maximum absolute atomic E-state index is 13.6. The average Bonchev–Trinajstić information content (AvgIpc) is 3.37. The molecule has 5 nitrogen and oxygen atoms in total. The molecule has 5 fully saturated rings. The maximum atomic E-state index is 13.6. The molecule has 0 saturated heterocycles. The van der Waals surface area contributed by atoms with Crippen LogP contribution in [0.3, 0.4) is 0 Å². The second-order valence-corrected chi connectivity index (χ2v) is 9.78. The topological polar surface area (TPSA) is 59.3 Å². The fraction of sp³-hybridized carbons (Fsp3) is 0.667. The molecule has 0 aliphatic heterocycles. The minimum Gasteiger partial charge on any atom is -0.346 e. The molecular weight excluding hydrogens is 381 g/mol. The number of nitrogens with zero attached hydrogens (tertiary/aromatic N) is 3. The highest BCUT2D eigenvalue weighted by molar-refractivity contribution is 6.00. The van der Waals surface area contributed by atoms with Crippen LogP contribution in [0.15, 0.2) is 12.3 Å². The Labute approximate surface area is 166 Å². The van der Waals surface area contributed by atoms with Gasteiger partial charge in [-0.1, -0.05) is 0 Å². The number of carbonyl (C=O) groups is 1. The first-order valence-electron chi connectivity index (χ1n) is 10.6. The van der Waals surface area contributed by atoms with Gasteiger partial charge in [-0.05, 0) is 75.2 Å². The van der Waals surface area contributed by atoms with E-state index in [1.54, 1.807) is 0 Å². The van der Waals surface area contributed by atoms with Gasteiger partial charge in [-0.3, -0.25) is 4.79 Å². The molecule has 0 aromatic carbocycles. The number of fused-ring (bicyclic) bond motifs is 1. The van der Waals surface area contributed by atoms with Crippen LogP contribution in [0, 0.1) is 17.8 Å². The van der Waals surface area contributed by atoms with E-state index < -0.39 is 11.9 Å². The number of carbonyl (C=O) groups excluding carboxylic acids is 1. The van der Waals surface area contributed by atoms with Gasteiger partial charge in [0.15, 0.2) is 5.65 Å². The molecule has 8 heteroatoms. The van der Waals surface area contributed by atoms with E-state index in [1.807, 2.05) is 0 Å². The highest BCUT2D eigenvalue weighted by Crippen LogP contribution is 2.55. The number of amides is 1. The van der Waals surface area contributed by atoms with Crippen molar-refractivity contribution in [1.29, 1.82) is 0 Å². The van der Waals surface area contributed by atoms with E-state index in [-0.39, 0.29) is 28.6 Å². The lowest BCUT2D eigenvalue weighted by Crippen LogP contribution is -2.59. The van der Waals surface area contributed by atoms with Crippen molar-refractivity contribution in [3.8, 4) is 0 Å². The minimum absolute atomic E-state index is 0.0175. The van der Waals surface area contributed by atoms with E-state index in [1.165, 1.54) is 25.5 Å². The van der Waals surface area contributed by atoms with Crippen LogP contribution in [0.4, 0.5) is 13.2 Å². The van der Waals surface area contributed by atoms with Crippen LogP contribution in [-0.4, -0.2) is 26.0 Å². The normalized spacial score (nSPS) is 33.4. The molecule has 0 unspecified atom stereocenters. The molecule has 5 aliphatic carbocycles. The molecular formula is C21H23F3N4O. The highest BCUT2D eigenvalue weighted by Gasteiger charge is 2.51. The number of aromatic nitrogens is 3. The largest absolute Gasteiger partial charge is 0.433 e. The zero-order valence-electron chi connectivity index (χ0n) is 16.0. The number of rotatable bonds is 3. The summed E-state index contributed by atoms with van der Waals surface area (Å²) in [5.74, 6) is 1.72. The Morgan fingerprint density at radius 1 is 1.10 bits per heavy atom. The molecule has 29 heavy (non-hydrogen) atoms. The van der Waals surface area contributed by atoms with Gasteiger partial charge in [0.05, 0.1) is 6.20 Å². The Morgan fingerprint density at radius 2 is 1.72 bits per heavy atom. The first-order chi connectivity index (χ1) is 13.8. The highest BCUT2D eigenvalue weighted by atomic mass is 19.4. The fourth-order valence-corrected chi connectivity index (χ4v) is 6.50. The van der Waals surface area contributed by atoms with Gasteiger partial charge in [-0.25, -0.2) is 9.50 Å². The number of nitrogens with one attached hydrogen (secondary N) is 1. The third-order valence-electron chi connectivity index (χ3n) is 7.44. The Kier molecular flexibility index (Phi) is 3.50. The van der Waals surface area contributed by atoms with Gasteiger partial charge in [0.25, 0.3) is 5.91 Å². The van der Waals surface area contributed by atoms with Crippen LogP contribution in [0.25, 0.3) is 5.65 Å². The third kappa shape index (κ3) is 2.86. The lowest BCUT2D eigenvalue weighted by Gasteiger charge is -2.56. The second kappa shape index (κ2) is 5.73. The predicted molar refractivity (Wildman–Crippen MR) is 98.3 cm³/mol. The molecule has 1 N–H and O–H groups in total. The second-order valence-electron chi connectivity index (χ2n) is 9.78. The van der Waals surface area contributed by atoms with Gasteiger partial charge in [0, 0.05) is 17.2 Å². The van der Waals surface area contributed by atoms with Crippen molar-refractivity contribution in [3.63, 3.8) is 0 Å². The summed E-state index contributed by atoms with van der Waals surface area (Å²) in [4.78, 5) is 17.6. The fourth-order valence-electron chi connectivity index (χ4n) is 6.50. The zero-order chi connectivity index (χ0) is 20.0. The lowest BCUT2D eigenvalue weighted by molar-refractivity contribution is -0.142. The Balaban J connectivity index is 1.37. The molecule has 0 spiro atoms. The van der Waals surface area contributed by atoms with E-state index in [9.17, 15) is 18.0 Å². The smallest absolute Gasteiger partial charge is 0.346 e. The monoisotopic (exact) mass is 404 g/mol. The summed E-state index contributed by atoms with van der Waals surface area (Å²) < 4.78 is 41.5. The Bertz CT molecular complexity index is 972. The molecule has 5 saturated carbocycles. The van der Waals surface area contributed by atoms with Gasteiger partial charge in [0.2, 0.25) is 0 Å². The van der Waals surface area contributed by atoms with E-state index in [4.69, 9.17) is 0 Å². The van der Waals surface area contributed by atoms with Crippen LogP contribution in [0.1, 0.15) is 79.0 Å². The summed E-state index contributed by atoms with van der Waals surface area (Å²) in [5, 5.41) is 7.12. The molecule has 2 heterocycles. The maximum Gasteiger partial charge on any atom is 0.433 e. The molecule has 7 rings (SSSR count). The SMILES string of the molecule is O=C(NC12CC3CC(CC(C3)C1)C2)c1cnn2c(C(F)(F)F)cc(C3CC3)nc12. The van der Waals surface area contributed by atoms with E-state index >= 15 is 0 Å². The molecule has 0 radical (unpaired) electrons. The number of halogens is 3. The van der Waals surface area contributed by atoms with Crippen molar-refractivity contribution in [3.05, 3.63) is 29.2 Å². The summed E-state index contributed by atoms with van der Waals surface area (Å²) in [6.45, 7) is 0. The number of alkyl halides is 3. The molecule has 4 bridgehead atoms. The summed E-state index contributed by atoms with van der Waals surface area (Å²) in [7, 11) is 0. The van der Waals surface area contributed by atoms with Crippen molar-refractivity contribution in [2.45, 2.75) is 69.0 Å². The van der Waals surface area contributed by atoms with Gasteiger partial charge < -0.3 is 5.32 Å². The number of hydrogen-bond donors (Lipinski definition) is 1. The van der Waals surface area contributed by atoms with Crippen molar-refractivity contribution < 1.29 is 18.0 Å². The van der Waals surface area contributed by atoms with E-state index in [2.05, 4.69) is 15.4 Å². The lowest BCUT2D eigenvalue weighted by atomic mass is 9.53. The number of hydrogen-bond acceptors (Lipinski definition) is 3. The minimum atomic E-state index is -4.55. The van der Waals surface area contributed by atoms with Gasteiger partial charge >= 0.3 is 6.18 Å². The summed E-state index contributed by atoms with van der Waals surface area (Å²) >= 11 is 0. The van der Waals surface area contributed by atoms with Crippen LogP contribution < -0.4 is 5.32 Å². The molecule has 0 atom stereocenters. The molecule has 154 valence electrons. The summed E-state index contributed by atoms with van der Waals surface area (Å²) in [6.07, 6.45) is 5.09. The zero-order valence-corrected chi connectivity index (χ0v) is 16.0. The summed E-state index contributed by atoms with van der Waals surface area (Å²) in [5.41, 5.74) is -0.494. The molecule has 1 amide bonds. The van der Waals surface area contributed by atoms with Crippen molar-refractivity contribution in [2.24, 2.45) is 17.8 Å². The van der Waals surface area contributed by atoms with Crippen molar-refractivity contribution >= 4 is 11.6 Å². The standard InChI is InChI=1S/C21H23F3N4O/c22-21(23,24)17-6-16(14-1-2-14)26-18-15(10-25-28(17)18)19(29)27-20-7-11-3-12(8-20)5-13(4-11)9-20/h6,10-14H,1-5,7-9H2,(H,27,29). The predicted octanol–water partition coefficient (Wildman–Crippen LogP) is 4.32. The first-order valence-corrected chi connectivity index (χ1v) is 10.6. The van der Waals surface area contributed by atoms with Crippen molar-refractivity contribution in [2.75, 3.05) is 0 Å². The van der Waals surface area contributed by atoms with Crippen LogP contribution in [0.2, 0.25) is 0 Å². The Morgan fingerprint density at radius 3 is 2.28 bits per heavy atom. The van der Waals surface area contributed by atoms with Crippen molar-refractivity contribution in [1.82, 2.24) is 19.9 Å². The average molecular weight is 404 g/mol. The van der Waals surface area contributed by atoms with Gasteiger partial charge in [-0.15, -0.1) is 0 Å². The quantitative estimate of drug-likeness (QED) is 0.829. The molecule has 2 aromatic heterocycles. The van der Waals surface area contributed by atoms with Crippen LogP contribution >= 0.6 is 0 Å². The van der Waals surface area contributed by atoms with Gasteiger partial charge in [0.1, 0.15) is 11.3 Å². The molecule has 5 aliphatic rings. The summed E-state index contributed by atoms with van der Waals surface area (Å²) in [6, 6.07) is 1.08. The molecule has 2 aromatic rings. The first kappa shape index (κ1) is 17.7. The van der Waals surface area contributed by atoms with E-state index in [0.717, 1.165) is 42.7 Å². The van der Waals surface area contributed by atoms with E-state index in [0.29, 0.717) is 23.4 Å². The van der Waals surface area contributed by atoms with Crippen LogP contribution in [0.5, 0.6) is 0 Å². The van der Waals surface area contributed by atoms with Gasteiger partial charge in [-0.2, -0.15) is 18.3 Å². The Hall–Kier alpha value is -2.12.